The Morgan fingerprint density at radius 2 is 1.47 bits per heavy atom. The number of hydrogen-bond acceptors (Lipinski definition) is 9. The Morgan fingerprint density at radius 3 is 2.18 bits per heavy atom. The second kappa shape index (κ2) is 17.7. The average Bonchev–Trinajstić information content (AvgIpc) is 3.67. The minimum atomic E-state index is -0.875. The van der Waals surface area contributed by atoms with Crippen LogP contribution in [0.5, 0.6) is 0 Å². The highest BCUT2D eigenvalue weighted by Crippen LogP contribution is 2.41. The van der Waals surface area contributed by atoms with Gasteiger partial charge in [0.05, 0.1) is 18.8 Å². The molecule has 1 amide bonds. The molecule has 1 aliphatic rings. The average molecular weight is 755 g/mol. The largest absolute Gasteiger partial charge is 0.453 e. The number of aliphatic hydroxyl groups is 1. The third-order valence-electron chi connectivity index (χ3n) is 9.30. The van der Waals surface area contributed by atoms with Crippen LogP contribution in [0.1, 0.15) is 54.9 Å². The predicted molar refractivity (Wildman–Crippen MR) is 211 cm³/mol. The molecule has 0 bridgehead atoms. The van der Waals surface area contributed by atoms with Crippen LogP contribution in [0.25, 0.3) is 33.7 Å². The lowest BCUT2D eigenvalue weighted by Gasteiger charge is -2.36. The van der Waals surface area contributed by atoms with Gasteiger partial charge in [0.15, 0.2) is 18.2 Å². The van der Waals surface area contributed by atoms with E-state index in [0.29, 0.717) is 17.4 Å². The van der Waals surface area contributed by atoms with Crippen LogP contribution in [0.2, 0.25) is 0 Å². The summed E-state index contributed by atoms with van der Waals surface area (Å²) in [7, 11) is 0. The first kappa shape index (κ1) is 37.8. The molecule has 2 heterocycles. The summed E-state index contributed by atoms with van der Waals surface area (Å²) in [5.74, 6) is 0.438. The number of carbonyl (C=O) groups excluding carboxylic acids is 2. The van der Waals surface area contributed by atoms with Crippen molar-refractivity contribution in [3.8, 4) is 33.7 Å². The highest BCUT2D eigenvalue weighted by molar-refractivity contribution is 7.99. The summed E-state index contributed by atoms with van der Waals surface area (Å²) >= 11 is 1.52. The van der Waals surface area contributed by atoms with Crippen molar-refractivity contribution in [1.29, 1.82) is 0 Å². The fourth-order valence-corrected chi connectivity index (χ4v) is 7.33. The van der Waals surface area contributed by atoms with Crippen LogP contribution in [-0.4, -0.2) is 39.9 Å². The second-order valence-corrected chi connectivity index (χ2v) is 14.3. The molecule has 0 saturated carbocycles. The van der Waals surface area contributed by atoms with Crippen LogP contribution in [0.4, 0.5) is 0 Å². The van der Waals surface area contributed by atoms with E-state index in [9.17, 15) is 14.7 Å². The van der Waals surface area contributed by atoms with Crippen molar-refractivity contribution < 1.29 is 33.3 Å². The van der Waals surface area contributed by atoms with E-state index in [0.717, 1.165) is 56.0 Å². The Labute approximate surface area is 324 Å². The van der Waals surface area contributed by atoms with E-state index >= 15 is 0 Å². The van der Waals surface area contributed by atoms with Gasteiger partial charge in [0, 0.05) is 42.3 Å². The Bertz CT molecular complexity index is 2150. The number of esters is 1. The molecule has 0 aliphatic carbocycles. The van der Waals surface area contributed by atoms with Gasteiger partial charge in [0.1, 0.15) is 5.69 Å². The standard InChI is InChI=1S/C45H42N2O7S/c1-29(51-30(2)49)43(50)46-26-32-11-9-16-36(23-32)37-17-10-18-38(24-37)44-52-39(25-40(53-44)33-21-19-31(27-48)20-22-33)28-55-45-47-41(34-12-5-3-6-13-34)42(54-45)35-14-7-4-8-15-35/h3-24,29,39-40,44,48H,25-28H2,1-2H3,(H,46,50)/t29-,39-,40+,44+/m0/s1. The van der Waals surface area contributed by atoms with E-state index < -0.39 is 18.4 Å². The maximum Gasteiger partial charge on any atom is 0.303 e. The SMILES string of the molecule is CC(=O)O[C@@H](C)C(=O)NCc1cccc(-c2cccc([C@@H]3O[C@H](CSc4nc(-c5ccccc5)c(-c5ccccc5)o4)C[C@H](c4ccc(CO)cc4)O3)c2)c1. The van der Waals surface area contributed by atoms with E-state index in [4.69, 9.17) is 23.6 Å². The summed E-state index contributed by atoms with van der Waals surface area (Å²) in [6.07, 6.45) is -1.38. The molecule has 5 aromatic carbocycles. The van der Waals surface area contributed by atoms with Crippen LogP contribution >= 0.6 is 11.8 Å². The molecule has 0 spiro atoms. The smallest absolute Gasteiger partial charge is 0.303 e. The molecule has 10 heteroatoms. The summed E-state index contributed by atoms with van der Waals surface area (Å²) < 4.78 is 24.8. The van der Waals surface area contributed by atoms with E-state index in [1.165, 1.54) is 18.7 Å². The van der Waals surface area contributed by atoms with Gasteiger partial charge in [-0.05, 0) is 46.9 Å². The summed E-state index contributed by atoms with van der Waals surface area (Å²) in [5, 5.41) is 13.1. The lowest BCUT2D eigenvalue weighted by atomic mass is 9.99. The molecular formula is C45H42N2O7S. The third-order valence-corrected chi connectivity index (χ3v) is 10.3. The molecule has 1 saturated heterocycles. The van der Waals surface area contributed by atoms with Crippen molar-refractivity contribution in [3.63, 3.8) is 0 Å². The van der Waals surface area contributed by atoms with Crippen LogP contribution < -0.4 is 5.32 Å². The van der Waals surface area contributed by atoms with Gasteiger partial charge in [-0.1, -0.05) is 133 Å². The Morgan fingerprint density at radius 1 is 0.800 bits per heavy atom. The number of aromatic nitrogens is 1. The molecule has 280 valence electrons. The normalized spacial score (nSPS) is 17.3. The second-order valence-electron chi connectivity index (χ2n) is 13.3. The van der Waals surface area contributed by atoms with Gasteiger partial charge in [-0.15, -0.1) is 0 Å². The number of benzene rings is 5. The van der Waals surface area contributed by atoms with E-state index in [-0.39, 0.29) is 31.3 Å². The monoisotopic (exact) mass is 754 g/mol. The van der Waals surface area contributed by atoms with Gasteiger partial charge in [0.25, 0.3) is 11.1 Å². The fourth-order valence-electron chi connectivity index (χ4n) is 6.49. The summed E-state index contributed by atoms with van der Waals surface area (Å²) in [4.78, 5) is 28.7. The van der Waals surface area contributed by atoms with Gasteiger partial charge < -0.3 is 29.1 Å². The molecule has 1 aliphatic heterocycles. The van der Waals surface area contributed by atoms with Crippen molar-refractivity contribution in [2.75, 3.05) is 5.75 Å². The zero-order valence-electron chi connectivity index (χ0n) is 30.6. The van der Waals surface area contributed by atoms with E-state index in [1.54, 1.807) is 6.92 Å². The first-order chi connectivity index (χ1) is 26.8. The highest BCUT2D eigenvalue weighted by Gasteiger charge is 2.33. The molecular weight excluding hydrogens is 713 g/mol. The Hall–Kier alpha value is -5.52. The van der Waals surface area contributed by atoms with Crippen molar-refractivity contribution >= 4 is 23.6 Å². The molecule has 4 atom stereocenters. The molecule has 6 aromatic rings. The molecule has 1 fully saturated rings. The molecule has 0 unspecified atom stereocenters. The maximum absolute atomic E-state index is 12.4. The number of rotatable bonds is 13. The first-order valence-electron chi connectivity index (χ1n) is 18.2. The summed E-state index contributed by atoms with van der Waals surface area (Å²) in [5.41, 5.74) is 8.27. The van der Waals surface area contributed by atoms with Crippen molar-refractivity contribution in [1.82, 2.24) is 10.3 Å². The maximum atomic E-state index is 12.4. The van der Waals surface area contributed by atoms with E-state index in [2.05, 4.69) is 11.4 Å². The zero-order chi connectivity index (χ0) is 38.1. The van der Waals surface area contributed by atoms with Crippen molar-refractivity contribution in [3.05, 3.63) is 156 Å². The minimum absolute atomic E-state index is 0.0311. The van der Waals surface area contributed by atoms with Crippen LogP contribution in [0, 0.1) is 0 Å². The van der Waals surface area contributed by atoms with Crippen molar-refractivity contribution in [2.24, 2.45) is 0 Å². The van der Waals surface area contributed by atoms with Crippen LogP contribution in [0.3, 0.4) is 0 Å². The van der Waals surface area contributed by atoms with Gasteiger partial charge in [0.2, 0.25) is 0 Å². The number of amides is 1. The number of nitrogens with one attached hydrogen (secondary N) is 1. The number of ether oxygens (including phenoxy) is 3. The van der Waals surface area contributed by atoms with Crippen LogP contribution in [0.15, 0.2) is 143 Å². The molecule has 2 N–H and O–H groups in total. The Balaban J connectivity index is 1.11. The Kier molecular flexibility index (Phi) is 12.2. The number of aliphatic hydroxyl groups excluding tert-OH is 1. The minimum Gasteiger partial charge on any atom is -0.453 e. The lowest BCUT2D eigenvalue weighted by molar-refractivity contribution is -0.245. The third kappa shape index (κ3) is 9.59. The molecule has 9 nitrogen and oxygen atoms in total. The number of nitrogens with zero attached hydrogens (tertiary/aromatic N) is 1. The molecule has 0 radical (unpaired) electrons. The zero-order valence-corrected chi connectivity index (χ0v) is 31.4. The highest BCUT2D eigenvalue weighted by atomic mass is 32.2. The fraction of sp³-hybridized carbons (Fsp3) is 0.222. The molecule has 55 heavy (non-hydrogen) atoms. The first-order valence-corrected chi connectivity index (χ1v) is 19.2. The van der Waals surface area contributed by atoms with Crippen LogP contribution in [-0.2, 0) is 37.0 Å². The van der Waals surface area contributed by atoms with Gasteiger partial charge >= 0.3 is 5.97 Å². The summed E-state index contributed by atoms with van der Waals surface area (Å²) in [6, 6.07) is 43.9. The lowest BCUT2D eigenvalue weighted by Crippen LogP contribution is -2.35. The topological polar surface area (TPSA) is 120 Å². The number of thioether (sulfide) groups is 1. The molecule has 7 rings (SSSR count). The van der Waals surface area contributed by atoms with Crippen molar-refractivity contribution in [2.45, 2.75) is 63.2 Å². The predicted octanol–water partition coefficient (Wildman–Crippen LogP) is 9.07. The van der Waals surface area contributed by atoms with Gasteiger partial charge in [-0.25, -0.2) is 4.98 Å². The summed E-state index contributed by atoms with van der Waals surface area (Å²) in [6.45, 7) is 3.08. The quantitative estimate of drug-likeness (QED) is 0.0879. The number of hydrogen-bond donors (Lipinski definition) is 2. The van der Waals surface area contributed by atoms with Gasteiger partial charge in [-0.3, -0.25) is 9.59 Å². The number of carbonyl (C=O) groups is 2. The molecule has 1 aromatic heterocycles. The number of oxazole rings is 1. The van der Waals surface area contributed by atoms with E-state index in [1.807, 2.05) is 127 Å². The van der Waals surface area contributed by atoms with Gasteiger partial charge in [-0.2, -0.15) is 0 Å².